The van der Waals surface area contributed by atoms with Crippen LogP contribution in [0, 0.1) is 0 Å². The fraction of sp³-hybridized carbons (Fsp3) is 0.0909. The second kappa shape index (κ2) is 4.99. The fourth-order valence-electron chi connectivity index (χ4n) is 3.28. The monoisotopic (exact) mass is 282 g/mol. The first kappa shape index (κ1) is 13.1. The summed E-state index contributed by atoms with van der Waals surface area (Å²) in [6, 6.07) is 22.3. The van der Waals surface area contributed by atoms with Gasteiger partial charge in [-0.25, -0.2) is 0 Å². The maximum Gasteiger partial charge on any atom is -0.0171 e. The van der Waals surface area contributed by atoms with Crippen molar-refractivity contribution in [3.05, 3.63) is 71.1 Å². The van der Waals surface area contributed by atoms with Crippen molar-refractivity contribution in [2.75, 3.05) is 0 Å². The van der Waals surface area contributed by atoms with Crippen LogP contribution in [0.15, 0.2) is 60.7 Å². The van der Waals surface area contributed by atoms with Gasteiger partial charge in [-0.1, -0.05) is 36.4 Å². The van der Waals surface area contributed by atoms with E-state index in [4.69, 9.17) is 0 Å². The molecule has 0 aliphatic heterocycles. The molecule has 0 saturated carbocycles. The third kappa shape index (κ3) is 2.00. The lowest BCUT2D eigenvalue weighted by molar-refractivity contribution is 1.54. The standard InChI is InChI=1S/C22H18/c1-3-15-9-19-13-21-11-17-7-5-6-8-18(17)12-22(21)14-20(19)10-16(15)4-2/h3-14H,1-2H3. The summed E-state index contributed by atoms with van der Waals surface area (Å²) in [7, 11) is 0. The van der Waals surface area contributed by atoms with Gasteiger partial charge in [0.25, 0.3) is 0 Å². The minimum atomic E-state index is 1.30. The van der Waals surface area contributed by atoms with Gasteiger partial charge in [-0.15, -0.1) is 0 Å². The molecule has 0 unspecified atom stereocenters. The number of hydrogen-bond acceptors (Lipinski definition) is 0. The number of hydrogen-bond donors (Lipinski definition) is 0. The third-order valence-corrected chi connectivity index (χ3v) is 4.48. The molecule has 0 amide bonds. The molecule has 0 spiro atoms. The molecule has 4 aromatic rings. The Morgan fingerprint density at radius 3 is 1.27 bits per heavy atom. The molecule has 0 atom stereocenters. The molecule has 0 saturated heterocycles. The Hall–Kier alpha value is -2.60. The van der Waals surface area contributed by atoms with Crippen LogP contribution in [-0.4, -0.2) is 0 Å². The SMILES string of the molecule is CC=c1cc2cc3cc4ccccc4cc3cc2cc1=CC. The quantitative estimate of drug-likeness (QED) is 0.408. The molecule has 106 valence electrons. The summed E-state index contributed by atoms with van der Waals surface area (Å²) < 4.78 is 0. The largest absolute Gasteiger partial charge is 0.0798 e. The van der Waals surface area contributed by atoms with E-state index in [0.717, 1.165) is 0 Å². The zero-order valence-electron chi connectivity index (χ0n) is 12.9. The van der Waals surface area contributed by atoms with E-state index in [1.807, 2.05) is 0 Å². The Morgan fingerprint density at radius 2 is 0.864 bits per heavy atom. The Labute approximate surface area is 130 Å². The van der Waals surface area contributed by atoms with Crippen molar-refractivity contribution in [2.45, 2.75) is 13.8 Å². The summed E-state index contributed by atoms with van der Waals surface area (Å²) in [5, 5.41) is 10.4. The Balaban J connectivity index is 2.16. The first-order valence-corrected chi connectivity index (χ1v) is 7.77. The van der Waals surface area contributed by atoms with E-state index in [0.29, 0.717) is 0 Å². The van der Waals surface area contributed by atoms with Crippen molar-refractivity contribution in [2.24, 2.45) is 0 Å². The molecule has 0 aliphatic rings. The lowest BCUT2D eigenvalue weighted by atomic mass is 9.99. The molecule has 0 aliphatic carbocycles. The van der Waals surface area contributed by atoms with Gasteiger partial charge in [0.15, 0.2) is 0 Å². The van der Waals surface area contributed by atoms with Crippen LogP contribution in [0.2, 0.25) is 0 Å². The topological polar surface area (TPSA) is 0 Å². The van der Waals surface area contributed by atoms with E-state index >= 15 is 0 Å². The van der Waals surface area contributed by atoms with Gasteiger partial charge in [-0.3, -0.25) is 0 Å². The molecule has 0 N–H and O–H groups in total. The van der Waals surface area contributed by atoms with Gasteiger partial charge in [-0.2, -0.15) is 0 Å². The van der Waals surface area contributed by atoms with E-state index in [9.17, 15) is 0 Å². The van der Waals surface area contributed by atoms with Gasteiger partial charge in [-0.05, 0) is 93.0 Å². The fourth-order valence-corrected chi connectivity index (χ4v) is 3.28. The highest BCUT2D eigenvalue weighted by Gasteiger charge is 2.01. The molecular weight excluding hydrogens is 264 g/mol. The Morgan fingerprint density at radius 1 is 0.500 bits per heavy atom. The van der Waals surface area contributed by atoms with Gasteiger partial charge in [0.05, 0.1) is 0 Å². The molecule has 4 aromatic carbocycles. The van der Waals surface area contributed by atoms with Crippen LogP contribution in [0.5, 0.6) is 0 Å². The van der Waals surface area contributed by atoms with E-state index < -0.39 is 0 Å². The summed E-state index contributed by atoms with van der Waals surface area (Å²) in [4.78, 5) is 0. The first-order chi connectivity index (χ1) is 10.8. The highest BCUT2D eigenvalue weighted by molar-refractivity contribution is 6.04. The van der Waals surface area contributed by atoms with Gasteiger partial charge in [0, 0.05) is 0 Å². The number of benzene rings is 4. The van der Waals surface area contributed by atoms with E-state index in [2.05, 4.69) is 86.7 Å². The van der Waals surface area contributed by atoms with Crippen LogP contribution in [0.3, 0.4) is 0 Å². The minimum absolute atomic E-state index is 1.30. The summed E-state index contributed by atoms with van der Waals surface area (Å²) in [6.45, 7) is 4.20. The van der Waals surface area contributed by atoms with Crippen LogP contribution < -0.4 is 10.4 Å². The minimum Gasteiger partial charge on any atom is -0.0798 e. The van der Waals surface area contributed by atoms with Crippen molar-refractivity contribution >= 4 is 44.5 Å². The predicted molar refractivity (Wildman–Crippen MR) is 98.5 cm³/mol. The lowest BCUT2D eigenvalue weighted by Crippen LogP contribution is -2.23. The summed E-state index contributed by atoms with van der Waals surface area (Å²) in [5.41, 5.74) is 0. The lowest BCUT2D eigenvalue weighted by Gasteiger charge is -2.06. The predicted octanol–water partition coefficient (Wildman–Crippen LogP) is 4.75. The molecule has 0 bridgehead atoms. The van der Waals surface area contributed by atoms with Crippen molar-refractivity contribution < 1.29 is 0 Å². The molecule has 0 nitrogen and oxygen atoms in total. The number of fused-ring (bicyclic) bond motifs is 3. The van der Waals surface area contributed by atoms with Gasteiger partial charge in [0.2, 0.25) is 0 Å². The highest BCUT2D eigenvalue weighted by atomic mass is 14.1. The summed E-state index contributed by atoms with van der Waals surface area (Å²) in [6.07, 6.45) is 4.36. The highest BCUT2D eigenvalue weighted by Crippen LogP contribution is 2.26. The van der Waals surface area contributed by atoms with Crippen LogP contribution in [0.4, 0.5) is 0 Å². The van der Waals surface area contributed by atoms with Crippen molar-refractivity contribution in [3.63, 3.8) is 0 Å². The molecular formula is C22H18. The summed E-state index contributed by atoms with van der Waals surface area (Å²) in [5.74, 6) is 0. The first-order valence-electron chi connectivity index (χ1n) is 7.77. The summed E-state index contributed by atoms with van der Waals surface area (Å²) >= 11 is 0. The zero-order chi connectivity index (χ0) is 15.1. The smallest absolute Gasteiger partial charge is 0.0171 e. The third-order valence-electron chi connectivity index (χ3n) is 4.48. The molecule has 0 radical (unpaired) electrons. The normalized spacial score (nSPS) is 13.5. The zero-order valence-corrected chi connectivity index (χ0v) is 12.9. The molecule has 0 fully saturated rings. The van der Waals surface area contributed by atoms with E-state index in [1.54, 1.807) is 0 Å². The second-order valence-corrected chi connectivity index (χ2v) is 5.80. The average Bonchev–Trinajstić information content (AvgIpc) is 2.56. The molecule has 22 heavy (non-hydrogen) atoms. The molecule has 0 heteroatoms. The molecule has 4 rings (SSSR count). The average molecular weight is 282 g/mol. The molecule has 0 heterocycles. The van der Waals surface area contributed by atoms with Crippen molar-refractivity contribution in [3.8, 4) is 0 Å². The maximum absolute atomic E-state index is 2.31. The second-order valence-electron chi connectivity index (χ2n) is 5.80. The Bertz CT molecular complexity index is 1040. The van der Waals surface area contributed by atoms with Gasteiger partial charge in [0.1, 0.15) is 0 Å². The van der Waals surface area contributed by atoms with E-state index in [-0.39, 0.29) is 0 Å². The van der Waals surface area contributed by atoms with Crippen LogP contribution >= 0.6 is 0 Å². The van der Waals surface area contributed by atoms with E-state index in [1.165, 1.54) is 42.8 Å². The Kier molecular flexibility index (Phi) is 2.97. The van der Waals surface area contributed by atoms with Gasteiger partial charge >= 0.3 is 0 Å². The number of rotatable bonds is 0. The van der Waals surface area contributed by atoms with Crippen LogP contribution in [0.1, 0.15) is 13.8 Å². The van der Waals surface area contributed by atoms with Crippen LogP contribution in [-0.2, 0) is 0 Å². The van der Waals surface area contributed by atoms with Crippen molar-refractivity contribution in [1.82, 2.24) is 0 Å². The van der Waals surface area contributed by atoms with Gasteiger partial charge < -0.3 is 0 Å². The van der Waals surface area contributed by atoms with Crippen LogP contribution in [0.25, 0.3) is 44.5 Å². The van der Waals surface area contributed by atoms with Crippen molar-refractivity contribution in [1.29, 1.82) is 0 Å². The maximum atomic E-state index is 2.31. The molecule has 0 aromatic heterocycles.